The summed E-state index contributed by atoms with van der Waals surface area (Å²) in [5.74, 6) is 1.16. The monoisotopic (exact) mass is 405 g/mol. The normalized spacial score (nSPS) is 13.9. The van der Waals surface area contributed by atoms with Gasteiger partial charge in [0.2, 0.25) is 0 Å². The maximum atomic E-state index is 12.4. The van der Waals surface area contributed by atoms with Crippen molar-refractivity contribution >= 4 is 28.9 Å². The Hall–Kier alpha value is -3.00. The van der Waals surface area contributed by atoms with E-state index in [1.165, 1.54) is 6.07 Å². The van der Waals surface area contributed by atoms with Crippen molar-refractivity contribution in [3.8, 4) is 11.5 Å². The van der Waals surface area contributed by atoms with Crippen LogP contribution in [0.2, 0.25) is 5.02 Å². The quantitative estimate of drug-likeness (QED) is 0.542. The van der Waals surface area contributed by atoms with Gasteiger partial charge in [0, 0.05) is 32.2 Å². The van der Waals surface area contributed by atoms with Crippen molar-refractivity contribution in [1.82, 2.24) is 4.90 Å². The lowest BCUT2D eigenvalue weighted by atomic mass is 10.2. The number of benzene rings is 2. The van der Waals surface area contributed by atoms with Crippen LogP contribution in [-0.2, 0) is 4.79 Å². The molecule has 1 aliphatic heterocycles. The average molecular weight is 406 g/mol. The molecule has 1 saturated heterocycles. The molecule has 0 aromatic heterocycles. The smallest absolute Gasteiger partial charge is 0.294 e. The molecular formula is C19H20ClN3O5. The lowest BCUT2D eigenvalue weighted by Crippen LogP contribution is -2.50. The van der Waals surface area contributed by atoms with Crippen molar-refractivity contribution in [2.45, 2.75) is 0 Å². The second-order valence-corrected chi connectivity index (χ2v) is 6.60. The molecule has 9 heteroatoms. The van der Waals surface area contributed by atoms with E-state index in [1.807, 2.05) is 4.90 Å². The van der Waals surface area contributed by atoms with Gasteiger partial charge >= 0.3 is 0 Å². The predicted octanol–water partition coefficient (Wildman–Crippen LogP) is 2.98. The van der Waals surface area contributed by atoms with Crippen molar-refractivity contribution in [3.63, 3.8) is 0 Å². The number of anilines is 1. The first kappa shape index (κ1) is 19.8. The Balaban J connectivity index is 1.56. The van der Waals surface area contributed by atoms with E-state index in [2.05, 4.69) is 0 Å². The zero-order valence-corrected chi connectivity index (χ0v) is 16.1. The summed E-state index contributed by atoms with van der Waals surface area (Å²) in [6, 6.07) is 11.6. The Morgan fingerprint density at radius 2 is 1.75 bits per heavy atom. The van der Waals surface area contributed by atoms with Crippen LogP contribution in [0.4, 0.5) is 11.4 Å². The van der Waals surface area contributed by atoms with E-state index >= 15 is 0 Å². The molecule has 0 N–H and O–H groups in total. The SMILES string of the molecule is COc1ccc(OCC(=O)N2CCN(c3c(Cl)cccc3[N+](=O)[O-])CC2)cc1. The number of rotatable bonds is 6. The van der Waals surface area contributed by atoms with Gasteiger partial charge < -0.3 is 19.3 Å². The minimum Gasteiger partial charge on any atom is -0.497 e. The lowest BCUT2D eigenvalue weighted by molar-refractivity contribution is -0.384. The Bertz CT molecular complexity index is 851. The van der Waals surface area contributed by atoms with Gasteiger partial charge in [0.05, 0.1) is 17.1 Å². The molecule has 0 radical (unpaired) electrons. The number of nitro benzene ring substituents is 1. The fourth-order valence-corrected chi connectivity index (χ4v) is 3.34. The Kier molecular flexibility index (Phi) is 6.20. The van der Waals surface area contributed by atoms with E-state index in [1.54, 1.807) is 48.4 Å². The number of amides is 1. The maximum absolute atomic E-state index is 12.4. The van der Waals surface area contributed by atoms with E-state index in [4.69, 9.17) is 21.1 Å². The third kappa shape index (κ3) is 4.45. The molecule has 0 spiro atoms. The van der Waals surface area contributed by atoms with Crippen LogP contribution in [0.1, 0.15) is 0 Å². The molecule has 2 aromatic carbocycles. The molecule has 3 rings (SSSR count). The maximum Gasteiger partial charge on any atom is 0.294 e. The van der Waals surface area contributed by atoms with E-state index in [-0.39, 0.29) is 18.2 Å². The topological polar surface area (TPSA) is 85.2 Å². The van der Waals surface area contributed by atoms with Crippen molar-refractivity contribution in [1.29, 1.82) is 0 Å². The lowest BCUT2D eigenvalue weighted by Gasteiger charge is -2.36. The summed E-state index contributed by atoms with van der Waals surface area (Å²) in [6.45, 7) is 1.72. The largest absolute Gasteiger partial charge is 0.497 e. The van der Waals surface area contributed by atoms with Crippen LogP contribution in [0.25, 0.3) is 0 Å². The van der Waals surface area contributed by atoms with Crippen molar-refractivity contribution < 1.29 is 19.2 Å². The molecule has 1 heterocycles. The van der Waals surface area contributed by atoms with Gasteiger partial charge in [-0.05, 0) is 30.3 Å². The highest BCUT2D eigenvalue weighted by molar-refractivity contribution is 6.33. The van der Waals surface area contributed by atoms with Crippen LogP contribution in [0.5, 0.6) is 11.5 Å². The molecule has 148 valence electrons. The van der Waals surface area contributed by atoms with E-state index in [0.717, 1.165) is 0 Å². The molecule has 8 nitrogen and oxygen atoms in total. The highest BCUT2D eigenvalue weighted by Crippen LogP contribution is 2.35. The molecular weight excluding hydrogens is 386 g/mol. The summed E-state index contributed by atoms with van der Waals surface area (Å²) in [4.78, 5) is 26.8. The molecule has 0 aliphatic carbocycles. The van der Waals surface area contributed by atoms with Crippen molar-refractivity contribution in [2.24, 2.45) is 0 Å². The molecule has 1 fully saturated rings. The van der Waals surface area contributed by atoms with Crippen LogP contribution in [-0.4, -0.2) is 55.6 Å². The van der Waals surface area contributed by atoms with Gasteiger partial charge in [-0.3, -0.25) is 14.9 Å². The van der Waals surface area contributed by atoms with Crippen LogP contribution < -0.4 is 14.4 Å². The van der Waals surface area contributed by atoms with Crippen LogP contribution in [0.3, 0.4) is 0 Å². The van der Waals surface area contributed by atoms with Crippen molar-refractivity contribution in [2.75, 3.05) is 44.8 Å². The number of ether oxygens (including phenoxy) is 2. The minimum absolute atomic E-state index is 0.0323. The van der Waals surface area contributed by atoms with Gasteiger partial charge in [-0.1, -0.05) is 17.7 Å². The summed E-state index contributed by atoms with van der Waals surface area (Å²) < 4.78 is 10.6. The first-order valence-electron chi connectivity index (χ1n) is 8.72. The molecule has 0 unspecified atom stereocenters. The first-order valence-corrected chi connectivity index (χ1v) is 9.10. The zero-order valence-electron chi connectivity index (χ0n) is 15.3. The van der Waals surface area contributed by atoms with Gasteiger partial charge in [-0.25, -0.2) is 0 Å². The average Bonchev–Trinajstić information content (AvgIpc) is 2.72. The number of nitro groups is 1. The van der Waals surface area contributed by atoms with Crippen LogP contribution >= 0.6 is 11.6 Å². The number of methoxy groups -OCH3 is 1. The Morgan fingerprint density at radius 1 is 1.11 bits per heavy atom. The van der Waals surface area contributed by atoms with Crippen molar-refractivity contribution in [3.05, 3.63) is 57.6 Å². The second kappa shape index (κ2) is 8.79. The van der Waals surface area contributed by atoms with E-state index < -0.39 is 4.92 Å². The summed E-state index contributed by atoms with van der Waals surface area (Å²) in [7, 11) is 1.58. The van der Waals surface area contributed by atoms with E-state index in [0.29, 0.717) is 48.4 Å². The van der Waals surface area contributed by atoms with Gasteiger partial charge in [-0.2, -0.15) is 0 Å². The van der Waals surface area contributed by atoms with Gasteiger partial charge in [0.25, 0.3) is 11.6 Å². The predicted molar refractivity (Wildman–Crippen MR) is 105 cm³/mol. The van der Waals surface area contributed by atoms with Gasteiger partial charge in [-0.15, -0.1) is 0 Å². The highest BCUT2D eigenvalue weighted by Gasteiger charge is 2.27. The number of hydrogen-bond acceptors (Lipinski definition) is 6. The second-order valence-electron chi connectivity index (χ2n) is 6.20. The number of piperazine rings is 1. The molecule has 0 bridgehead atoms. The Labute approximate surface area is 167 Å². The number of nitrogens with zero attached hydrogens (tertiary/aromatic N) is 3. The zero-order chi connectivity index (χ0) is 20.1. The number of carbonyl (C=O) groups excluding carboxylic acids is 1. The third-order valence-corrected chi connectivity index (χ3v) is 4.84. The molecule has 1 amide bonds. The molecule has 28 heavy (non-hydrogen) atoms. The number of carbonyl (C=O) groups is 1. The molecule has 1 aliphatic rings. The van der Waals surface area contributed by atoms with Crippen LogP contribution in [0.15, 0.2) is 42.5 Å². The first-order chi connectivity index (χ1) is 13.5. The summed E-state index contributed by atoms with van der Waals surface area (Å²) in [5.41, 5.74) is 0.367. The molecule has 0 atom stereocenters. The van der Waals surface area contributed by atoms with Gasteiger partial charge in [0.1, 0.15) is 17.2 Å². The van der Waals surface area contributed by atoms with E-state index in [9.17, 15) is 14.9 Å². The summed E-state index contributed by atoms with van der Waals surface area (Å²) >= 11 is 6.19. The summed E-state index contributed by atoms with van der Waals surface area (Å²) in [5, 5.41) is 11.6. The summed E-state index contributed by atoms with van der Waals surface area (Å²) in [6.07, 6.45) is 0. The fourth-order valence-electron chi connectivity index (χ4n) is 3.05. The van der Waals surface area contributed by atoms with Crippen LogP contribution in [0, 0.1) is 10.1 Å². The molecule has 2 aromatic rings. The number of para-hydroxylation sites is 1. The van der Waals surface area contributed by atoms with Gasteiger partial charge in [0.15, 0.2) is 6.61 Å². The standard InChI is InChI=1S/C19H20ClN3O5/c1-27-14-5-7-15(8-6-14)28-13-18(24)21-9-11-22(12-10-21)19-16(20)3-2-4-17(19)23(25)26/h2-8H,9-13H2,1H3. The third-order valence-electron chi connectivity index (χ3n) is 4.53. The fraction of sp³-hybridized carbons (Fsp3) is 0.316. The highest BCUT2D eigenvalue weighted by atomic mass is 35.5. The number of halogens is 1. The minimum atomic E-state index is -0.443. The number of hydrogen-bond donors (Lipinski definition) is 0. The molecule has 0 saturated carbocycles. The Morgan fingerprint density at radius 3 is 2.36 bits per heavy atom.